The molecule has 1 aliphatic carbocycles. The number of nitrogens with two attached hydrogens (primary N) is 1. The number of rotatable bonds is 12. The standard InChI is InChI=1S/C32H43N3O4/c1-2-11-27(30(33)36)28(21-23-12-6-7-13-23)31(37)34-29-18-8-9-19-35(32(29)38)22-24-14-10-17-26(20-24)39-25-15-4-3-5-16-25/h3-5,10,14-17,20,23,27-29H,2,6-9,11-13,18-19,21-22H2,1H3,(H2,33,36)(H,34,37)/t27-,28+,29-/m0/s1. The summed E-state index contributed by atoms with van der Waals surface area (Å²) in [6.07, 6.45) is 8.88. The van der Waals surface area contributed by atoms with Crippen molar-refractivity contribution in [2.75, 3.05) is 6.54 Å². The highest BCUT2D eigenvalue weighted by molar-refractivity contribution is 5.91. The lowest BCUT2D eigenvalue weighted by atomic mass is 9.80. The Hall–Kier alpha value is -3.35. The third kappa shape index (κ3) is 8.07. The SMILES string of the molecule is CCC[C@H](C(N)=O)[C@@H](CC1CCCC1)C(=O)N[C@H]1CCCCN(Cc2cccc(Oc3ccccc3)c2)C1=O. The van der Waals surface area contributed by atoms with Gasteiger partial charge in [-0.1, -0.05) is 69.4 Å². The van der Waals surface area contributed by atoms with Crippen molar-refractivity contribution in [3.05, 3.63) is 60.2 Å². The fourth-order valence-electron chi connectivity index (χ4n) is 6.14. The molecular formula is C32H43N3O4. The molecule has 7 heteroatoms. The molecule has 1 aliphatic heterocycles. The van der Waals surface area contributed by atoms with Gasteiger partial charge in [-0.25, -0.2) is 0 Å². The largest absolute Gasteiger partial charge is 0.457 e. The summed E-state index contributed by atoms with van der Waals surface area (Å²) in [4.78, 5) is 41.5. The molecule has 3 N–H and O–H groups in total. The zero-order valence-corrected chi connectivity index (χ0v) is 23.1. The molecule has 4 rings (SSSR count). The number of para-hydroxylation sites is 1. The van der Waals surface area contributed by atoms with Crippen LogP contribution in [0.3, 0.4) is 0 Å². The van der Waals surface area contributed by atoms with Crippen LogP contribution in [0, 0.1) is 17.8 Å². The predicted octanol–water partition coefficient (Wildman–Crippen LogP) is 5.57. The van der Waals surface area contributed by atoms with Crippen LogP contribution in [0.5, 0.6) is 11.5 Å². The molecule has 7 nitrogen and oxygen atoms in total. The van der Waals surface area contributed by atoms with Crippen LogP contribution in [0.25, 0.3) is 0 Å². The van der Waals surface area contributed by atoms with Crippen molar-refractivity contribution >= 4 is 17.7 Å². The molecule has 2 aromatic rings. The number of amides is 3. The van der Waals surface area contributed by atoms with Crippen LogP contribution in [0.1, 0.15) is 76.7 Å². The van der Waals surface area contributed by atoms with Gasteiger partial charge in [-0.15, -0.1) is 0 Å². The van der Waals surface area contributed by atoms with Gasteiger partial charge in [0.15, 0.2) is 0 Å². The van der Waals surface area contributed by atoms with Gasteiger partial charge >= 0.3 is 0 Å². The highest BCUT2D eigenvalue weighted by Gasteiger charge is 2.37. The van der Waals surface area contributed by atoms with Crippen molar-refractivity contribution in [1.29, 1.82) is 0 Å². The van der Waals surface area contributed by atoms with Gasteiger partial charge in [0.25, 0.3) is 0 Å². The van der Waals surface area contributed by atoms with Gasteiger partial charge < -0.3 is 20.7 Å². The van der Waals surface area contributed by atoms with E-state index in [9.17, 15) is 14.4 Å². The van der Waals surface area contributed by atoms with E-state index >= 15 is 0 Å². The number of primary amides is 1. The average Bonchev–Trinajstić information content (AvgIpc) is 3.39. The third-order valence-corrected chi connectivity index (χ3v) is 8.20. The summed E-state index contributed by atoms with van der Waals surface area (Å²) in [7, 11) is 0. The first-order chi connectivity index (χ1) is 18.9. The molecule has 1 saturated heterocycles. The maximum Gasteiger partial charge on any atom is 0.245 e. The minimum Gasteiger partial charge on any atom is -0.457 e. The minimum absolute atomic E-state index is 0.0686. The van der Waals surface area contributed by atoms with Crippen molar-refractivity contribution in [2.45, 2.75) is 83.7 Å². The Morgan fingerprint density at radius 1 is 0.974 bits per heavy atom. The van der Waals surface area contributed by atoms with Crippen LogP contribution >= 0.6 is 0 Å². The van der Waals surface area contributed by atoms with Crippen molar-refractivity contribution in [3.63, 3.8) is 0 Å². The first-order valence-electron chi connectivity index (χ1n) is 14.6. The second kappa shape index (κ2) is 14.2. The second-order valence-corrected chi connectivity index (χ2v) is 11.2. The van der Waals surface area contributed by atoms with Crippen LogP contribution in [-0.2, 0) is 20.9 Å². The molecular weight excluding hydrogens is 490 g/mol. The normalized spacial score (nSPS) is 19.8. The van der Waals surface area contributed by atoms with E-state index in [0.717, 1.165) is 43.4 Å². The number of nitrogens with one attached hydrogen (secondary N) is 1. The molecule has 0 bridgehead atoms. The van der Waals surface area contributed by atoms with Gasteiger partial charge in [0.2, 0.25) is 17.7 Å². The van der Waals surface area contributed by atoms with Gasteiger partial charge in [0.05, 0.1) is 0 Å². The van der Waals surface area contributed by atoms with Crippen LogP contribution in [0.2, 0.25) is 0 Å². The molecule has 1 heterocycles. The van der Waals surface area contributed by atoms with Gasteiger partial charge in [0, 0.05) is 24.9 Å². The van der Waals surface area contributed by atoms with E-state index in [4.69, 9.17) is 10.5 Å². The third-order valence-electron chi connectivity index (χ3n) is 8.20. The van der Waals surface area contributed by atoms with Crippen molar-refractivity contribution < 1.29 is 19.1 Å². The molecule has 0 radical (unpaired) electrons. The van der Waals surface area contributed by atoms with Crippen molar-refractivity contribution in [3.8, 4) is 11.5 Å². The number of carbonyl (C=O) groups is 3. The maximum atomic E-state index is 13.7. The number of ether oxygens (including phenoxy) is 1. The van der Waals surface area contributed by atoms with Crippen LogP contribution < -0.4 is 15.8 Å². The molecule has 3 amide bonds. The number of likely N-dealkylation sites (tertiary alicyclic amines) is 1. The Bertz CT molecular complexity index is 1100. The monoisotopic (exact) mass is 533 g/mol. The van der Waals surface area contributed by atoms with Crippen LogP contribution in [-0.4, -0.2) is 35.2 Å². The summed E-state index contributed by atoms with van der Waals surface area (Å²) in [5.41, 5.74) is 6.76. The highest BCUT2D eigenvalue weighted by Crippen LogP contribution is 2.34. The molecule has 2 fully saturated rings. The lowest BCUT2D eigenvalue weighted by Gasteiger charge is -2.29. The van der Waals surface area contributed by atoms with Gasteiger partial charge in [-0.05, 0) is 67.9 Å². The van der Waals surface area contributed by atoms with E-state index in [2.05, 4.69) is 5.32 Å². The Morgan fingerprint density at radius 3 is 2.41 bits per heavy atom. The summed E-state index contributed by atoms with van der Waals surface area (Å²) in [6, 6.07) is 16.8. The van der Waals surface area contributed by atoms with Crippen LogP contribution in [0.4, 0.5) is 0 Å². The van der Waals surface area contributed by atoms with E-state index in [1.165, 1.54) is 12.8 Å². The van der Waals surface area contributed by atoms with Crippen molar-refractivity contribution in [1.82, 2.24) is 10.2 Å². The fraction of sp³-hybridized carbons (Fsp3) is 0.531. The quantitative estimate of drug-likeness (QED) is 0.372. The molecule has 0 spiro atoms. The van der Waals surface area contributed by atoms with E-state index in [1.54, 1.807) is 0 Å². The molecule has 2 aromatic carbocycles. The summed E-state index contributed by atoms with van der Waals surface area (Å²) < 4.78 is 5.98. The number of carbonyl (C=O) groups excluding carboxylic acids is 3. The van der Waals surface area contributed by atoms with E-state index in [-0.39, 0.29) is 11.8 Å². The molecule has 210 valence electrons. The van der Waals surface area contributed by atoms with E-state index < -0.39 is 23.8 Å². The summed E-state index contributed by atoms with van der Waals surface area (Å²) in [5.74, 6) is 0.245. The molecule has 2 aliphatic rings. The average molecular weight is 534 g/mol. The highest BCUT2D eigenvalue weighted by atomic mass is 16.5. The Morgan fingerprint density at radius 2 is 1.69 bits per heavy atom. The number of nitrogens with zero attached hydrogens (tertiary/aromatic N) is 1. The maximum absolute atomic E-state index is 13.7. The Kier molecular flexibility index (Phi) is 10.4. The first kappa shape index (κ1) is 28.7. The number of hydrogen-bond donors (Lipinski definition) is 2. The topological polar surface area (TPSA) is 102 Å². The number of hydrogen-bond acceptors (Lipinski definition) is 4. The lowest BCUT2D eigenvalue weighted by Crippen LogP contribution is -2.50. The molecule has 39 heavy (non-hydrogen) atoms. The van der Waals surface area contributed by atoms with E-state index in [0.29, 0.717) is 44.0 Å². The zero-order chi connectivity index (χ0) is 27.6. The lowest BCUT2D eigenvalue weighted by molar-refractivity contribution is -0.139. The first-order valence-corrected chi connectivity index (χ1v) is 14.6. The predicted molar refractivity (Wildman–Crippen MR) is 152 cm³/mol. The van der Waals surface area contributed by atoms with Gasteiger partial charge in [-0.2, -0.15) is 0 Å². The van der Waals surface area contributed by atoms with Gasteiger partial charge in [-0.3, -0.25) is 14.4 Å². The minimum atomic E-state index is -0.593. The second-order valence-electron chi connectivity index (χ2n) is 11.2. The van der Waals surface area contributed by atoms with Crippen LogP contribution in [0.15, 0.2) is 54.6 Å². The van der Waals surface area contributed by atoms with Crippen molar-refractivity contribution in [2.24, 2.45) is 23.5 Å². The smallest absolute Gasteiger partial charge is 0.245 e. The van der Waals surface area contributed by atoms with Gasteiger partial charge in [0.1, 0.15) is 17.5 Å². The summed E-state index contributed by atoms with van der Waals surface area (Å²) in [6.45, 7) is 3.09. The summed E-state index contributed by atoms with van der Waals surface area (Å²) in [5, 5.41) is 3.07. The summed E-state index contributed by atoms with van der Waals surface area (Å²) >= 11 is 0. The Labute approximate surface area is 232 Å². The Balaban J connectivity index is 1.44. The molecule has 3 atom stereocenters. The fourth-order valence-corrected chi connectivity index (χ4v) is 6.14. The zero-order valence-electron chi connectivity index (χ0n) is 23.1. The number of benzene rings is 2. The molecule has 0 aromatic heterocycles. The molecule has 0 unspecified atom stereocenters. The molecule has 1 saturated carbocycles. The van der Waals surface area contributed by atoms with E-state index in [1.807, 2.05) is 66.4 Å².